The van der Waals surface area contributed by atoms with E-state index in [1.54, 1.807) is 6.20 Å². The molecule has 0 fully saturated rings. The third kappa shape index (κ3) is 4.61. The normalized spacial score (nSPS) is 12.1. The molecule has 2 heteroatoms. The number of likely N-dealkylation sites (N-methyl/N-ethyl adjacent to an activating group) is 1. The van der Waals surface area contributed by atoms with Crippen molar-refractivity contribution in [2.45, 2.75) is 38.6 Å². The lowest BCUT2D eigenvalue weighted by Crippen LogP contribution is -2.27. The van der Waals surface area contributed by atoms with Gasteiger partial charge in [-0.05, 0) is 37.7 Å². The molecule has 0 saturated carbocycles. The van der Waals surface area contributed by atoms with Crippen LogP contribution in [0.5, 0.6) is 0 Å². The number of para-hydroxylation sites is 1. The van der Waals surface area contributed by atoms with Crippen molar-refractivity contribution < 1.29 is 0 Å². The molecule has 0 aliphatic carbocycles. The average Bonchev–Trinajstić information content (AvgIpc) is 2.36. The highest BCUT2D eigenvalue weighted by atomic mass is 14.9. The highest BCUT2D eigenvalue weighted by Gasteiger charge is 2.09. The van der Waals surface area contributed by atoms with Crippen molar-refractivity contribution in [3.05, 3.63) is 42.6 Å². The Hall–Kier alpha value is -1.28. The first kappa shape index (κ1) is 13.8. The lowest BCUT2D eigenvalue weighted by Gasteiger charge is -2.18. The number of benzene rings is 1. The monoisotopic (exact) mass is 232 g/mol. The number of unbranched alkanes of at least 4 members (excludes halogenated alkanes) is 1. The lowest BCUT2D eigenvalue weighted by atomic mass is 10.00. The molecule has 1 atom stereocenters. The molecule has 0 spiro atoms. The Bertz CT molecular complexity index is 333. The summed E-state index contributed by atoms with van der Waals surface area (Å²) < 4.78 is 0. The maximum Gasteiger partial charge on any atom is 0.0412 e. The molecule has 0 amide bonds. The Morgan fingerprint density at radius 1 is 1.35 bits per heavy atom. The maximum absolute atomic E-state index is 3.72. The molecular weight excluding hydrogens is 208 g/mol. The number of hydrogen-bond acceptors (Lipinski definition) is 2. The SMILES string of the molecule is C=CNc1ccccc1CC(CCCC)NC. The van der Waals surface area contributed by atoms with E-state index in [2.05, 4.69) is 48.4 Å². The predicted octanol–water partition coefficient (Wildman–Crippen LogP) is 3.56. The zero-order chi connectivity index (χ0) is 12.5. The van der Waals surface area contributed by atoms with Gasteiger partial charge in [-0.3, -0.25) is 0 Å². The fourth-order valence-corrected chi connectivity index (χ4v) is 2.01. The van der Waals surface area contributed by atoms with E-state index in [0.717, 1.165) is 6.42 Å². The van der Waals surface area contributed by atoms with Gasteiger partial charge < -0.3 is 10.6 Å². The summed E-state index contributed by atoms with van der Waals surface area (Å²) in [6.07, 6.45) is 6.56. The van der Waals surface area contributed by atoms with Gasteiger partial charge in [-0.25, -0.2) is 0 Å². The third-order valence-electron chi connectivity index (χ3n) is 3.06. The molecule has 0 aliphatic rings. The van der Waals surface area contributed by atoms with Crippen LogP contribution in [0.3, 0.4) is 0 Å². The third-order valence-corrected chi connectivity index (χ3v) is 3.06. The first-order valence-electron chi connectivity index (χ1n) is 6.44. The molecule has 1 rings (SSSR count). The maximum atomic E-state index is 3.72. The summed E-state index contributed by atoms with van der Waals surface area (Å²) in [4.78, 5) is 0. The van der Waals surface area contributed by atoms with E-state index in [0.29, 0.717) is 6.04 Å². The molecule has 0 radical (unpaired) electrons. The van der Waals surface area contributed by atoms with Gasteiger partial charge in [0.15, 0.2) is 0 Å². The Balaban J connectivity index is 2.67. The first-order chi connectivity index (χ1) is 8.31. The van der Waals surface area contributed by atoms with Crippen molar-refractivity contribution in [3.63, 3.8) is 0 Å². The van der Waals surface area contributed by atoms with Crippen molar-refractivity contribution in [2.75, 3.05) is 12.4 Å². The topological polar surface area (TPSA) is 24.1 Å². The predicted molar refractivity (Wildman–Crippen MR) is 76.3 cm³/mol. The minimum Gasteiger partial charge on any atom is -0.362 e. The van der Waals surface area contributed by atoms with Gasteiger partial charge in [0.05, 0.1) is 0 Å². The smallest absolute Gasteiger partial charge is 0.0412 e. The first-order valence-corrected chi connectivity index (χ1v) is 6.44. The summed E-state index contributed by atoms with van der Waals surface area (Å²) in [6.45, 7) is 5.96. The molecule has 0 saturated heterocycles. The number of anilines is 1. The van der Waals surface area contributed by atoms with Crippen molar-refractivity contribution in [1.29, 1.82) is 0 Å². The fraction of sp³-hybridized carbons (Fsp3) is 0.467. The van der Waals surface area contributed by atoms with E-state index in [4.69, 9.17) is 0 Å². The van der Waals surface area contributed by atoms with Crippen molar-refractivity contribution in [3.8, 4) is 0 Å². The Morgan fingerprint density at radius 3 is 2.76 bits per heavy atom. The van der Waals surface area contributed by atoms with Crippen molar-refractivity contribution in [2.24, 2.45) is 0 Å². The largest absolute Gasteiger partial charge is 0.362 e. The van der Waals surface area contributed by atoms with Gasteiger partial charge >= 0.3 is 0 Å². The van der Waals surface area contributed by atoms with Crippen molar-refractivity contribution in [1.82, 2.24) is 5.32 Å². The molecule has 1 aromatic rings. The van der Waals surface area contributed by atoms with Gasteiger partial charge in [0.1, 0.15) is 0 Å². The summed E-state index contributed by atoms with van der Waals surface area (Å²) in [7, 11) is 2.05. The summed E-state index contributed by atoms with van der Waals surface area (Å²) in [6, 6.07) is 8.99. The van der Waals surface area contributed by atoms with E-state index in [1.807, 2.05) is 7.05 Å². The highest BCUT2D eigenvalue weighted by Crippen LogP contribution is 2.18. The van der Waals surface area contributed by atoms with Crippen LogP contribution >= 0.6 is 0 Å². The van der Waals surface area contributed by atoms with E-state index < -0.39 is 0 Å². The zero-order valence-electron chi connectivity index (χ0n) is 11.0. The average molecular weight is 232 g/mol. The van der Waals surface area contributed by atoms with Crippen LogP contribution in [-0.2, 0) is 6.42 Å². The molecular formula is C15H24N2. The molecule has 2 nitrogen and oxygen atoms in total. The molecule has 2 N–H and O–H groups in total. The molecule has 0 bridgehead atoms. The van der Waals surface area contributed by atoms with Gasteiger partial charge in [-0.15, -0.1) is 0 Å². The molecule has 0 heterocycles. The van der Waals surface area contributed by atoms with Gasteiger partial charge in [0.2, 0.25) is 0 Å². The summed E-state index contributed by atoms with van der Waals surface area (Å²) >= 11 is 0. The molecule has 17 heavy (non-hydrogen) atoms. The molecule has 1 unspecified atom stereocenters. The molecule has 0 aliphatic heterocycles. The fourth-order valence-electron chi connectivity index (χ4n) is 2.01. The second-order valence-corrected chi connectivity index (χ2v) is 4.34. The summed E-state index contributed by atoms with van der Waals surface area (Å²) in [5.41, 5.74) is 2.52. The lowest BCUT2D eigenvalue weighted by molar-refractivity contribution is 0.499. The summed E-state index contributed by atoms with van der Waals surface area (Å²) in [5.74, 6) is 0. The van der Waals surface area contributed by atoms with Crippen LogP contribution in [0.25, 0.3) is 0 Å². The van der Waals surface area contributed by atoms with Crippen LogP contribution in [0, 0.1) is 0 Å². The van der Waals surface area contributed by atoms with E-state index in [1.165, 1.54) is 30.5 Å². The molecule has 94 valence electrons. The zero-order valence-corrected chi connectivity index (χ0v) is 11.0. The van der Waals surface area contributed by atoms with Gasteiger partial charge in [0.25, 0.3) is 0 Å². The Labute approximate surface area is 105 Å². The molecule has 1 aromatic carbocycles. The number of hydrogen-bond donors (Lipinski definition) is 2. The quantitative estimate of drug-likeness (QED) is 0.716. The van der Waals surface area contributed by atoms with Crippen molar-refractivity contribution >= 4 is 5.69 Å². The standard InChI is InChI=1S/C15H24N2/c1-4-6-10-14(16-3)12-13-9-7-8-11-15(13)17-5-2/h5,7-9,11,14,16-17H,2,4,6,10,12H2,1,3H3. The minimum absolute atomic E-state index is 0.558. The Kier molecular flexibility index (Phi) is 6.41. The second kappa shape index (κ2) is 7.91. The van der Waals surface area contributed by atoms with Crippen LogP contribution in [0.15, 0.2) is 37.0 Å². The number of rotatable bonds is 8. The second-order valence-electron chi connectivity index (χ2n) is 4.34. The van der Waals surface area contributed by atoms with Crippen LogP contribution in [0.1, 0.15) is 31.7 Å². The van der Waals surface area contributed by atoms with Crippen LogP contribution in [0.4, 0.5) is 5.69 Å². The molecule has 0 aromatic heterocycles. The van der Waals surface area contributed by atoms with E-state index >= 15 is 0 Å². The van der Waals surface area contributed by atoms with Gasteiger partial charge in [-0.2, -0.15) is 0 Å². The van der Waals surface area contributed by atoms with Crippen LogP contribution < -0.4 is 10.6 Å². The van der Waals surface area contributed by atoms with Gasteiger partial charge in [0, 0.05) is 11.7 Å². The Morgan fingerprint density at radius 2 is 2.12 bits per heavy atom. The minimum atomic E-state index is 0.558. The number of nitrogens with one attached hydrogen (secondary N) is 2. The van der Waals surface area contributed by atoms with Crippen LogP contribution in [-0.4, -0.2) is 13.1 Å². The van der Waals surface area contributed by atoms with Crippen LogP contribution in [0.2, 0.25) is 0 Å². The van der Waals surface area contributed by atoms with E-state index in [9.17, 15) is 0 Å². The highest BCUT2D eigenvalue weighted by molar-refractivity contribution is 5.53. The van der Waals surface area contributed by atoms with Gasteiger partial charge in [-0.1, -0.05) is 44.5 Å². The van der Waals surface area contributed by atoms with E-state index in [-0.39, 0.29) is 0 Å². The summed E-state index contributed by atoms with van der Waals surface area (Å²) in [5, 5.41) is 6.60.